The van der Waals surface area contributed by atoms with Crippen LogP contribution in [0.1, 0.15) is 5.56 Å². The quantitative estimate of drug-likeness (QED) is 0.897. The van der Waals surface area contributed by atoms with Gasteiger partial charge in [0.15, 0.2) is 0 Å². The number of nitrogens with zero attached hydrogens (tertiary/aromatic N) is 1. The van der Waals surface area contributed by atoms with E-state index in [-0.39, 0.29) is 12.4 Å². The zero-order chi connectivity index (χ0) is 13.7. The maximum absolute atomic E-state index is 12.9. The lowest BCUT2D eigenvalue weighted by molar-refractivity contribution is -0.135. The minimum atomic E-state index is -0.916. The fourth-order valence-corrected chi connectivity index (χ4v) is 1.86. The molecule has 1 N–H and O–H groups in total. The van der Waals surface area contributed by atoms with Gasteiger partial charge < -0.3 is 10.0 Å². The van der Waals surface area contributed by atoms with Crippen molar-refractivity contribution in [3.63, 3.8) is 0 Å². The number of anilines is 1. The standard InChI is InChI=1S/C15H14FNO2/c16-13-6-8-14(9-7-13)17(11-15(18)19)10-12-4-2-1-3-5-12/h1-9H,10-11H2,(H,18,19). The Bertz CT molecular complexity index is 540. The average Bonchev–Trinajstić information content (AvgIpc) is 2.39. The van der Waals surface area contributed by atoms with E-state index in [2.05, 4.69) is 0 Å². The van der Waals surface area contributed by atoms with Crippen molar-refractivity contribution in [3.8, 4) is 0 Å². The van der Waals surface area contributed by atoms with Crippen molar-refractivity contribution < 1.29 is 14.3 Å². The van der Waals surface area contributed by atoms with Crippen LogP contribution in [0.4, 0.5) is 10.1 Å². The molecule has 2 aromatic rings. The third-order valence-electron chi connectivity index (χ3n) is 2.73. The lowest BCUT2D eigenvalue weighted by Crippen LogP contribution is -2.29. The van der Waals surface area contributed by atoms with Crippen LogP contribution in [0.2, 0.25) is 0 Å². The fourth-order valence-electron chi connectivity index (χ4n) is 1.86. The normalized spacial score (nSPS) is 10.2. The summed E-state index contributed by atoms with van der Waals surface area (Å²) in [7, 11) is 0. The lowest BCUT2D eigenvalue weighted by atomic mass is 10.2. The first-order chi connectivity index (χ1) is 9.15. The van der Waals surface area contributed by atoms with Gasteiger partial charge in [0.2, 0.25) is 0 Å². The van der Waals surface area contributed by atoms with Gasteiger partial charge in [0.1, 0.15) is 12.4 Å². The number of hydrogen-bond acceptors (Lipinski definition) is 2. The van der Waals surface area contributed by atoms with Gasteiger partial charge in [-0.25, -0.2) is 4.39 Å². The van der Waals surface area contributed by atoms with Crippen molar-refractivity contribution in [1.82, 2.24) is 0 Å². The van der Waals surface area contributed by atoms with Crippen molar-refractivity contribution in [2.24, 2.45) is 0 Å². The number of benzene rings is 2. The Morgan fingerprint density at radius 2 is 1.68 bits per heavy atom. The average molecular weight is 259 g/mol. The van der Waals surface area contributed by atoms with E-state index in [1.54, 1.807) is 17.0 Å². The first-order valence-corrected chi connectivity index (χ1v) is 5.91. The molecule has 2 aromatic carbocycles. The van der Waals surface area contributed by atoms with Gasteiger partial charge in [-0.15, -0.1) is 0 Å². The van der Waals surface area contributed by atoms with Crippen LogP contribution in [-0.4, -0.2) is 17.6 Å². The molecule has 0 radical (unpaired) electrons. The van der Waals surface area contributed by atoms with Gasteiger partial charge in [-0.05, 0) is 29.8 Å². The smallest absolute Gasteiger partial charge is 0.323 e. The van der Waals surface area contributed by atoms with Gasteiger partial charge in [-0.3, -0.25) is 4.79 Å². The first kappa shape index (κ1) is 13.1. The second kappa shape index (κ2) is 6.00. The molecule has 0 bridgehead atoms. The Balaban J connectivity index is 2.20. The second-order valence-electron chi connectivity index (χ2n) is 4.21. The summed E-state index contributed by atoms with van der Waals surface area (Å²) in [6.45, 7) is 0.347. The Labute approximate surface area is 110 Å². The number of carboxylic acid groups (broad SMARTS) is 1. The van der Waals surface area contributed by atoms with Gasteiger partial charge in [0.25, 0.3) is 0 Å². The summed E-state index contributed by atoms with van der Waals surface area (Å²) < 4.78 is 12.9. The largest absolute Gasteiger partial charge is 0.480 e. The molecular weight excluding hydrogens is 245 g/mol. The molecule has 0 aromatic heterocycles. The monoisotopic (exact) mass is 259 g/mol. The lowest BCUT2D eigenvalue weighted by Gasteiger charge is -2.23. The molecular formula is C15H14FNO2. The molecule has 0 saturated carbocycles. The topological polar surface area (TPSA) is 40.5 Å². The zero-order valence-electron chi connectivity index (χ0n) is 10.3. The highest BCUT2D eigenvalue weighted by molar-refractivity contribution is 5.73. The number of aliphatic carboxylic acids is 1. The highest BCUT2D eigenvalue weighted by Gasteiger charge is 2.11. The molecule has 0 saturated heterocycles. The van der Waals surface area contributed by atoms with Crippen molar-refractivity contribution in [3.05, 3.63) is 66.0 Å². The van der Waals surface area contributed by atoms with E-state index in [1.807, 2.05) is 30.3 Å². The Hall–Kier alpha value is -2.36. The Kier molecular flexibility index (Phi) is 4.13. The molecule has 0 unspecified atom stereocenters. The predicted octanol–water partition coefficient (Wildman–Crippen LogP) is 2.92. The van der Waals surface area contributed by atoms with Gasteiger partial charge >= 0.3 is 5.97 Å². The van der Waals surface area contributed by atoms with E-state index in [0.29, 0.717) is 12.2 Å². The molecule has 0 aliphatic rings. The number of rotatable bonds is 5. The van der Waals surface area contributed by atoms with Gasteiger partial charge in [-0.1, -0.05) is 30.3 Å². The minimum absolute atomic E-state index is 0.124. The molecule has 98 valence electrons. The molecule has 4 heteroatoms. The Morgan fingerprint density at radius 1 is 1.05 bits per heavy atom. The number of halogens is 1. The van der Waals surface area contributed by atoms with Crippen LogP contribution in [0.25, 0.3) is 0 Å². The highest BCUT2D eigenvalue weighted by Crippen LogP contribution is 2.17. The molecule has 2 rings (SSSR count). The first-order valence-electron chi connectivity index (χ1n) is 5.91. The molecule has 19 heavy (non-hydrogen) atoms. The summed E-state index contributed by atoms with van der Waals surface area (Å²) in [5, 5.41) is 8.96. The van der Waals surface area contributed by atoms with E-state index >= 15 is 0 Å². The summed E-state index contributed by atoms with van der Waals surface area (Å²) in [5.41, 5.74) is 1.70. The summed E-state index contributed by atoms with van der Waals surface area (Å²) in [6, 6.07) is 15.4. The van der Waals surface area contributed by atoms with E-state index in [9.17, 15) is 9.18 Å². The molecule has 0 atom stereocenters. The number of carboxylic acids is 1. The molecule has 0 amide bonds. The molecule has 0 fully saturated rings. The molecule has 0 aliphatic heterocycles. The third kappa shape index (κ3) is 3.81. The SMILES string of the molecule is O=C(O)CN(Cc1ccccc1)c1ccc(F)cc1. The van der Waals surface area contributed by atoms with Gasteiger partial charge in [0.05, 0.1) is 0 Å². The van der Waals surface area contributed by atoms with Crippen LogP contribution in [0.15, 0.2) is 54.6 Å². The molecule has 0 spiro atoms. The number of hydrogen-bond donors (Lipinski definition) is 1. The molecule has 0 aliphatic carbocycles. The number of carbonyl (C=O) groups is 1. The second-order valence-corrected chi connectivity index (χ2v) is 4.21. The van der Waals surface area contributed by atoms with E-state index in [0.717, 1.165) is 5.56 Å². The van der Waals surface area contributed by atoms with Crippen molar-refractivity contribution in [1.29, 1.82) is 0 Å². The van der Waals surface area contributed by atoms with Crippen LogP contribution in [0.3, 0.4) is 0 Å². The Morgan fingerprint density at radius 3 is 2.26 bits per heavy atom. The van der Waals surface area contributed by atoms with Crippen LogP contribution in [0, 0.1) is 5.82 Å². The zero-order valence-corrected chi connectivity index (χ0v) is 10.3. The summed E-state index contributed by atoms with van der Waals surface area (Å²) in [5.74, 6) is -1.25. The van der Waals surface area contributed by atoms with Crippen LogP contribution in [0.5, 0.6) is 0 Å². The van der Waals surface area contributed by atoms with E-state index in [4.69, 9.17) is 5.11 Å². The highest BCUT2D eigenvalue weighted by atomic mass is 19.1. The molecule has 0 heterocycles. The van der Waals surface area contributed by atoms with Crippen molar-refractivity contribution >= 4 is 11.7 Å². The minimum Gasteiger partial charge on any atom is -0.480 e. The summed E-state index contributed by atoms with van der Waals surface area (Å²) >= 11 is 0. The van der Waals surface area contributed by atoms with Crippen LogP contribution in [-0.2, 0) is 11.3 Å². The van der Waals surface area contributed by atoms with Crippen molar-refractivity contribution in [2.75, 3.05) is 11.4 Å². The maximum atomic E-state index is 12.9. The van der Waals surface area contributed by atoms with Crippen LogP contribution >= 0.6 is 0 Å². The van der Waals surface area contributed by atoms with Crippen molar-refractivity contribution in [2.45, 2.75) is 6.54 Å². The summed E-state index contributed by atoms with van der Waals surface area (Å²) in [4.78, 5) is 12.6. The fraction of sp³-hybridized carbons (Fsp3) is 0.133. The van der Waals surface area contributed by atoms with Gasteiger partial charge in [-0.2, -0.15) is 0 Å². The van der Waals surface area contributed by atoms with E-state index < -0.39 is 5.97 Å². The molecule has 3 nitrogen and oxygen atoms in total. The summed E-state index contributed by atoms with van der Waals surface area (Å²) in [6.07, 6.45) is 0. The maximum Gasteiger partial charge on any atom is 0.323 e. The van der Waals surface area contributed by atoms with E-state index in [1.165, 1.54) is 12.1 Å². The van der Waals surface area contributed by atoms with Gasteiger partial charge in [0, 0.05) is 12.2 Å². The van der Waals surface area contributed by atoms with Crippen LogP contribution < -0.4 is 4.90 Å². The third-order valence-corrected chi connectivity index (χ3v) is 2.73. The predicted molar refractivity (Wildman–Crippen MR) is 71.5 cm³/mol.